The number of benzene rings is 2. The molecule has 0 aliphatic rings. The van der Waals surface area contributed by atoms with Gasteiger partial charge in [-0.15, -0.1) is 10.1 Å². The van der Waals surface area contributed by atoms with E-state index in [1.54, 1.807) is 30.3 Å². The van der Waals surface area contributed by atoms with Gasteiger partial charge in [-0.3, -0.25) is 9.63 Å². The van der Waals surface area contributed by atoms with Crippen LogP contribution < -0.4 is 15.1 Å². The number of ether oxygens (including phenoxy) is 1. The quantitative estimate of drug-likeness (QED) is 0.382. The van der Waals surface area contributed by atoms with E-state index in [1.165, 1.54) is 23.6 Å². The van der Waals surface area contributed by atoms with Crippen LogP contribution in [0.5, 0.6) is 11.6 Å². The Labute approximate surface area is 164 Å². The Morgan fingerprint density at radius 2 is 1.66 bits per heavy atom. The SMILES string of the molecule is COc1cccc2nc(-c3ccc(O[N+](=O)[O-])cc3)c(-c3ccccc3)c(=O)n12. The normalized spacial score (nSPS) is 10.7. The summed E-state index contributed by atoms with van der Waals surface area (Å²) in [6.45, 7) is 0. The third kappa shape index (κ3) is 3.39. The summed E-state index contributed by atoms with van der Waals surface area (Å²) in [5.41, 5.74) is 2.33. The lowest BCUT2D eigenvalue weighted by molar-refractivity contribution is -0.711. The molecule has 8 nitrogen and oxygen atoms in total. The largest absolute Gasteiger partial charge is 0.482 e. The van der Waals surface area contributed by atoms with E-state index in [1.807, 2.05) is 30.3 Å². The topological polar surface area (TPSA) is 96.0 Å². The van der Waals surface area contributed by atoms with Crippen molar-refractivity contribution in [2.75, 3.05) is 7.11 Å². The molecule has 2 heterocycles. The van der Waals surface area contributed by atoms with Gasteiger partial charge in [0.1, 0.15) is 11.4 Å². The molecule has 4 aromatic rings. The molecule has 0 atom stereocenters. The van der Waals surface area contributed by atoms with Crippen molar-refractivity contribution >= 4 is 5.65 Å². The van der Waals surface area contributed by atoms with Crippen molar-refractivity contribution < 1.29 is 14.7 Å². The van der Waals surface area contributed by atoms with Crippen molar-refractivity contribution in [1.29, 1.82) is 0 Å². The van der Waals surface area contributed by atoms with Gasteiger partial charge < -0.3 is 4.74 Å². The fourth-order valence-electron chi connectivity index (χ4n) is 3.15. The lowest BCUT2D eigenvalue weighted by Crippen LogP contribution is -2.20. The number of rotatable bonds is 5. The second-order valence-corrected chi connectivity index (χ2v) is 6.11. The van der Waals surface area contributed by atoms with Crippen LogP contribution in [-0.2, 0) is 0 Å². The molecule has 0 aliphatic heterocycles. The highest BCUT2D eigenvalue weighted by molar-refractivity contribution is 5.81. The standard InChI is InChI=1S/C21H15N3O5/c1-28-18-9-5-8-17-22-20(15-10-12-16(13-11-15)29-24(26)27)19(21(25)23(17)18)14-6-3-2-4-7-14/h2-13H,1H3. The average Bonchev–Trinajstić information content (AvgIpc) is 2.74. The number of hydrogen-bond acceptors (Lipinski definition) is 6. The van der Waals surface area contributed by atoms with Gasteiger partial charge in [0.15, 0.2) is 0 Å². The number of pyridine rings is 1. The summed E-state index contributed by atoms with van der Waals surface area (Å²) >= 11 is 0. The Bertz CT molecular complexity index is 1250. The smallest absolute Gasteiger partial charge is 0.299 e. The minimum atomic E-state index is -0.878. The molecule has 2 aromatic heterocycles. The molecule has 4 rings (SSSR count). The molecular formula is C21H15N3O5. The molecule has 0 N–H and O–H groups in total. The van der Waals surface area contributed by atoms with E-state index < -0.39 is 5.09 Å². The van der Waals surface area contributed by atoms with Crippen LogP contribution in [0.2, 0.25) is 0 Å². The van der Waals surface area contributed by atoms with Gasteiger partial charge in [0, 0.05) is 5.56 Å². The maximum atomic E-state index is 13.4. The van der Waals surface area contributed by atoms with E-state index in [0.717, 1.165) is 0 Å². The van der Waals surface area contributed by atoms with Gasteiger partial charge in [0.2, 0.25) is 5.88 Å². The monoisotopic (exact) mass is 389 g/mol. The van der Waals surface area contributed by atoms with E-state index in [0.29, 0.717) is 33.9 Å². The number of aromatic nitrogens is 2. The Morgan fingerprint density at radius 1 is 0.931 bits per heavy atom. The first-order chi connectivity index (χ1) is 14.1. The first kappa shape index (κ1) is 18.2. The number of methoxy groups -OCH3 is 1. The van der Waals surface area contributed by atoms with Gasteiger partial charge in [-0.25, -0.2) is 9.38 Å². The molecular weight excluding hydrogens is 374 g/mol. The average molecular weight is 389 g/mol. The molecule has 0 aliphatic carbocycles. The van der Waals surface area contributed by atoms with Crippen molar-refractivity contribution in [1.82, 2.24) is 9.38 Å². The molecule has 0 radical (unpaired) electrons. The molecule has 2 aromatic carbocycles. The Morgan fingerprint density at radius 3 is 2.31 bits per heavy atom. The van der Waals surface area contributed by atoms with Crippen molar-refractivity contribution in [2.24, 2.45) is 0 Å². The van der Waals surface area contributed by atoms with Crippen molar-refractivity contribution in [2.45, 2.75) is 0 Å². The van der Waals surface area contributed by atoms with E-state index in [9.17, 15) is 14.9 Å². The lowest BCUT2D eigenvalue weighted by Gasteiger charge is -2.13. The molecule has 0 saturated heterocycles. The fraction of sp³-hybridized carbons (Fsp3) is 0.0476. The van der Waals surface area contributed by atoms with Crippen molar-refractivity contribution in [3.05, 3.63) is 93.3 Å². The van der Waals surface area contributed by atoms with Crippen molar-refractivity contribution in [3.63, 3.8) is 0 Å². The third-order valence-electron chi connectivity index (χ3n) is 4.39. The summed E-state index contributed by atoms with van der Waals surface area (Å²) in [6, 6.07) is 20.5. The number of nitrogens with zero attached hydrogens (tertiary/aromatic N) is 3. The van der Waals surface area contributed by atoms with Crippen LogP contribution in [0.25, 0.3) is 28.0 Å². The molecule has 0 fully saturated rings. The molecule has 0 saturated carbocycles. The molecule has 0 amide bonds. The summed E-state index contributed by atoms with van der Waals surface area (Å²) in [5.74, 6) is 0.456. The van der Waals surface area contributed by atoms with E-state index >= 15 is 0 Å². The van der Waals surface area contributed by atoms with E-state index in [4.69, 9.17) is 9.72 Å². The van der Waals surface area contributed by atoms with Gasteiger partial charge in [-0.1, -0.05) is 48.5 Å². The fourth-order valence-corrected chi connectivity index (χ4v) is 3.15. The van der Waals surface area contributed by atoms with Gasteiger partial charge in [-0.05, 0) is 29.8 Å². The Balaban J connectivity index is 2.00. The maximum Gasteiger partial charge on any atom is 0.299 e. The summed E-state index contributed by atoms with van der Waals surface area (Å²) in [7, 11) is 1.49. The van der Waals surface area contributed by atoms with Crippen LogP contribution in [0.1, 0.15) is 0 Å². The van der Waals surface area contributed by atoms with Crippen LogP contribution >= 0.6 is 0 Å². The van der Waals surface area contributed by atoms with Crippen LogP contribution in [0, 0.1) is 10.1 Å². The first-order valence-electron chi connectivity index (χ1n) is 8.66. The van der Waals surface area contributed by atoms with Gasteiger partial charge in [0.05, 0.1) is 18.4 Å². The highest BCUT2D eigenvalue weighted by Crippen LogP contribution is 2.30. The number of fused-ring (bicyclic) bond motifs is 1. The zero-order chi connectivity index (χ0) is 20.4. The van der Waals surface area contributed by atoms with Crippen LogP contribution in [0.3, 0.4) is 0 Å². The maximum absolute atomic E-state index is 13.4. The van der Waals surface area contributed by atoms with Gasteiger partial charge in [-0.2, -0.15) is 0 Å². The highest BCUT2D eigenvalue weighted by atomic mass is 17.0. The zero-order valence-electron chi connectivity index (χ0n) is 15.3. The molecule has 144 valence electrons. The van der Waals surface area contributed by atoms with Crippen molar-refractivity contribution in [3.8, 4) is 34.0 Å². The molecule has 0 bridgehead atoms. The summed E-state index contributed by atoms with van der Waals surface area (Å²) in [5, 5.41) is 9.65. The van der Waals surface area contributed by atoms with Crippen LogP contribution in [0.4, 0.5) is 0 Å². The molecule has 8 heteroatoms. The molecule has 29 heavy (non-hydrogen) atoms. The summed E-state index contributed by atoms with van der Waals surface area (Å²) in [6.07, 6.45) is 0. The highest BCUT2D eigenvalue weighted by Gasteiger charge is 2.18. The predicted molar refractivity (Wildman–Crippen MR) is 107 cm³/mol. The van der Waals surface area contributed by atoms with Crippen LogP contribution in [0.15, 0.2) is 77.6 Å². The number of hydrogen-bond donors (Lipinski definition) is 0. The molecule has 0 unspecified atom stereocenters. The van der Waals surface area contributed by atoms with Gasteiger partial charge >= 0.3 is 0 Å². The first-order valence-corrected chi connectivity index (χ1v) is 8.66. The van der Waals surface area contributed by atoms with E-state index in [-0.39, 0.29) is 11.3 Å². The molecule has 0 spiro atoms. The summed E-state index contributed by atoms with van der Waals surface area (Å²) < 4.78 is 6.75. The minimum Gasteiger partial charge on any atom is -0.482 e. The van der Waals surface area contributed by atoms with E-state index in [2.05, 4.69) is 4.84 Å². The summed E-state index contributed by atoms with van der Waals surface area (Å²) in [4.78, 5) is 33.1. The van der Waals surface area contributed by atoms with Gasteiger partial charge in [0.25, 0.3) is 10.6 Å². The lowest BCUT2D eigenvalue weighted by atomic mass is 10.0. The zero-order valence-corrected chi connectivity index (χ0v) is 15.3. The second-order valence-electron chi connectivity index (χ2n) is 6.11. The Hall–Kier alpha value is -4.20. The minimum absolute atomic E-state index is 0.0826. The second kappa shape index (κ2) is 7.43. The Kier molecular flexibility index (Phi) is 4.66. The predicted octanol–water partition coefficient (Wildman–Crippen LogP) is 3.61. The van der Waals surface area contributed by atoms with Crippen LogP contribution in [-0.4, -0.2) is 21.6 Å². The third-order valence-corrected chi connectivity index (χ3v) is 4.39.